The summed E-state index contributed by atoms with van der Waals surface area (Å²) in [5.41, 5.74) is 0. The topological polar surface area (TPSA) is 44.8 Å². The zero-order chi connectivity index (χ0) is 11.0. The highest BCUT2D eigenvalue weighted by Crippen LogP contribution is 2.23. The zero-order valence-electron chi connectivity index (χ0n) is 9.28. The highest BCUT2D eigenvalue weighted by molar-refractivity contribution is 7.29. The largest absolute Gasteiger partial charge is 0.515 e. The summed E-state index contributed by atoms with van der Waals surface area (Å²) in [4.78, 5) is 0. The third-order valence-electron chi connectivity index (χ3n) is 1.71. The van der Waals surface area contributed by atoms with Crippen molar-refractivity contribution in [2.45, 2.75) is 33.0 Å². The maximum atomic E-state index is 10.9. The van der Waals surface area contributed by atoms with Crippen molar-refractivity contribution >= 4 is 17.3 Å². The van der Waals surface area contributed by atoms with E-state index in [0.29, 0.717) is 19.8 Å². The van der Waals surface area contributed by atoms with Crippen LogP contribution in [0, 0.1) is 0 Å². The van der Waals surface area contributed by atoms with E-state index in [1.54, 1.807) is 0 Å². The summed E-state index contributed by atoms with van der Waals surface area (Å²) in [6, 6.07) is 0. The van der Waals surface area contributed by atoms with Crippen LogP contribution in [0.5, 0.6) is 0 Å². The lowest BCUT2D eigenvalue weighted by molar-refractivity contribution is 0.0703. The average molecular weight is 238 g/mol. The highest BCUT2D eigenvalue weighted by Gasteiger charge is 2.47. The van der Waals surface area contributed by atoms with Crippen molar-refractivity contribution in [2.75, 3.05) is 19.8 Å². The minimum Gasteiger partial charge on any atom is -0.373 e. The molecule has 0 bridgehead atoms. The Balaban J connectivity index is 4.61. The second-order valence-electron chi connectivity index (χ2n) is 2.68. The Hall–Kier alpha value is 0.197. The van der Waals surface area contributed by atoms with Crippen LogP contribution in [0.25, 0.3) is 0 Å². The van der Waals surface area contributed by atoms with Crippen molar-refractivity contribution in [1.29, 1.82) is 0 Å². The third-order valence-corrected chi connectivity index (χ3v) is 6.38. The maximum Gasteiger partial charge on any atom is 0.515 e. The van der Waals surface area contributed by atoms with Crippen LogP contribution in [-0.2, 0) is 17.8 Å². The summed E-state index contributed by atoms with van der Waals surface area (Å²) >= 11 is 0. The van der Waals surface area contributed by atoms with Crippen molar-refractivity contribution < 1.29 is 17.8 Å². The molecule has 4 nitrogen and oxygen atoms in total. The van der Waals surface area contributed by atoms with Gasteiger partial charge in [0.05, 0.1) is 0 Å². The van der Waals surface area contributed by atoms with Gasteiger partial charge in [-0.2, -0.15) is 0 Å². The Morgan fingerprint density at radius 3 is 1.64 bits per heavy atom. The lowest BCUT2D eigenvalue weighted by Gasteiger charge is -2.30. The van der Waals surface area contributed by atoms with Crippen LogP contribution in [0.3, 0.4) is 0 Å². The van der Waals surface area contributed by atoms with Gasteiger partial charge in [0.25, 0.3) is 0 Å². The molecule has 6 heteroatoms. The Labute approximate surface area is 88.5 Å². The van der Waals surface area contributed by atoms with Crippen molar-refractivity contribution in [3.63, 3.8) is 0 Å². The van der Waals surface area contributed by atoms with Crippen molar-refractivity contribution in [2.24, 2.45) is 0 Å². The van der Waals surface area contributed by atoms with Gasteiger partial charge in [-0.3, -0.25) is 4.57 Å². The Kier molecular flexibility index (Phi) is 7.59. The predicted octanol–water partition coefficient (Wildman–Crippen LogP) is 2.25. The minimum atomic E-state index is -2.72. The van der Waals surface area contributed by atoms with Crippen LogP contribution in [0.15, 0.2) is 0 Å². The SMILES string of the molecule is CCO[Si](OCC)(OCC)C(C)P=O. The van der Waals surface area contributed by atoms with Gasteiger partial charge in [0.2, 0.25) is 0 Å². The van der Waals surface area contributed by atoms with Gasteiger partial charge in [0.15, 0.2) is 8.46 Å². The molecule has 14 heavy (non-hydrogen) atoms. The molecule has 84 valence electrons. The lowest BCUT2D eigenvalue weighted by Crippen LogP contribution is -2.53. The van der Waals surface area contributed by atoms with E-state index in [4.69, 9.17) is 13.3 Å². The van der Waals surface area contributed by atoms with E-state index >= 15 is 0 Å². The molecule has 0 saturated heterocycles. The summed E-state index contributed by atoms with van der Waals surface area (Å²) in [6.07, 6.45) is 0. The molecule has 0 spiro atoms. The molecule has 0 amide bonds. The van der Waals surface area contributed by atoms with Gasteiger partial charge in [-0.05, 0) is 27.7 Å². The molecule has 0 aromatic carbocycles. The first-order valence-corrected chi connectivity index (χ1v) is 7.59. The van der Waals surface area contributed by atoms with E-state index in [1.807, 2.05) is 27.7 Å². The molecule has 0 N–H and O–H groups in total. The summed E-state index contributed by atoms with van der Waals surface area (Å²) in [5, 5.41) is -0.206. The van der Waals surface area contributed by atoms with E-state index in [-0.39, 0.29) is 13.7 Å². The summed E-state index contributed by atoms with van der Waals surface area (Å²) < 4.78 is 27.5. The van der Waals surface area contributed by atoms with Crippen molar-refractivity contribution in [3.05, 3.63) is 0 Å². The molecular formula is C8H19O4PSi. The summed E-state index contributed by atoms with van der Waals surface area (Å²) in [6.45, 7) is 9.03. The molecule has 0 aromatic heterocycles. The molecule has 0 saturated carbocycles. The Bertz CT molecular complexity index is 150. The van der Waals surface area contributed by atoms with E-state index in [0.717, 1.165) is 0 Å². The smallest absolute Gasteiger partial charge is 0.373 e. The van der Waals surface area contributed by atoms with Gasteiger partial charge < -0.3 is 13.3 Å². The number of hydrogen-bond acceptors (Lipinski definition) is 4. The van der Waals surface area contributed by atoms with Crippen LogP contribution >= 0.6 is 8.46 Å². The molecule has 1 atom stereocenters. The fourth-order valence-electron chi connectivity index (χ4n) is 1.15. The molecule has 0 aliphatic rings. The molecule has 0 aliphatic heterocycles. The maximum absolute atomic E-state index is 10.9. The van der Waals surface area contributed by atoms with Gasteiger partial charge >= 0.3 is 8.80 Å². The molecule has 0 rings (SSSR count). The summed E-state index contributed by atoms with van der Waals surface area (Å²) in [7, 11) is -2.71. The monoisotopic (exact) mass is 238 g/mol. The molecule has 0 fully saturated rings. The molecule has 0 radical (unpaired) electrons. The molecule has 0 aliphatic carbocycles. The van der Waals surface area contributed by atoms with Crippen LogP contribution in [0.2, 0.25) is 0 Å². The van der Waals surface area contributed by atoms with E-state index in [2.05, 4.69) is 0 Å². The molecule has 0 heterocycles. The molecule has 0 aromatic rings. The lowest BCUT2D eigenvalue weighted by atomic mass is 10.9. The fourth-order valence-corrected chi connectivity index (χ4v) is 4.52. The average Bonchev–Trinajstić information content (AvgIpc) is 2.17. The van der Waals surface area contributed by atoms with Crippen molar-refractivity contribution in [1.82, 2.24) is 0 Å². The van der Waals surface area contributed by atoms with Gasteiger partial charge in [-0.25, -0.2) is 0 Å². The Morgan fingerprint density at radius 1 is 1.07 bits per heavy atom. The normalized spacial score (nSPS) is 14.6. The van der Waals surface area contributed by atoms with Gasteiger partial charge in [-0.1, -0.05) is 0 Å². The van der Waals surface area contributed by atoms with Gasteiger partial charge in [-0.15, -0.1) is 0 Å². The predicted molar refractivity (Wildman–Crippen MR) is 57.7 cm³/mol. The number of hydrogen-bond donors (Lipinski definition) is 0. The zero-order valence-corrected chi connectivity index (χ0v) is 11.2. The van der Waals surface area contributed by atoms with Crippen LogP contribution in [0.1, 0.15) is 27.7 Å². The molecule has 1 unspecified atom stereocenters. The minimum absolute atomic E-state index is 0.0187. The molecular weight excluding hydrogens is 219 g/mol. The number of rotatable bonds is 8. The van der Waals surface area contributed by atoms with E-state index in [9.17, 15) is 4.57 Å². The highest BCUT2D eigenvalue weighted by atomic mass is 31.1. The first-order chi connectivity index (χ1) is 6.66. The fraction of sp³-hybridized carbons (Fsp3) is 1.00. The van der Waals surface area contributed by atoms with E-state index in [1.165, 1.54) is 0 Å². The van der Waals surface area contributed by atoms with Crippen molar-refractivity contribution in [3.8, 4) is 0 Å². The first-order valence-electron chi connectivity index (χ1n) is 4.91. The summed E-state index contributed by atoms with van der Waals surface area (Å²) in [5.74, 6) is 0. The van der Waals surface area contributed by atoms with E-state index < -0.39 is 8.80 Å². The second-order valence-corrected chi connectivity index (χ2v) is 7.09. The third kappa shape index (κ3) is 3.75. The van der Waals surface area contributed by atoms with Gasteiger partial charge in [0.1, 0.15) is 5.28 Å². The first kappa shape index (κ1) is 14.2. The standard InChI is InChI=1S/C8H19O4PSi/c1-5-10-14(11-6-2,12-7-3)8(4)13-9/h8H,5-7H2,1-4H3. The van der Waals surface area contributed by atoms with Crippen LogP contribution < -0.4 is 0 Å². The quantitative estimate of drug-likeness (QED) is 0.480. The second kappa shape index (κ2) is 7.48. The van der Waals surface area contributed by atoms with Crippen LogP contribution in [-0.4, -0.2) is 33.9 Å². The van der Waals surface area contributed by atoms with Gasteiger partial charge in [0, 0.05) is 19.8 Å². The van der Waals surface area contributed by atoms with Crippen LogP contribution in [0.4, 0.5) is 0 Å². The Morgan fingerprint density at radius 2 is 1.43 bits per heavy atom.